The van der Waals surface area contributed by atoms with Crippen molar-refractivity contribution >= 4 is 15.8 Å². The van der Waals surface area contributed by atoms with Crippen molar-refractivity contribution in [1.82, 2.24) is 0 Å². The first-order valence-electron chi connectivity index (χ1n) is 4.09. The molecule has 1 aliphatic rings. The standard InChI is InChI=1S/C7H13NO4S/c8-3-5-4-13(11,12)2-1-6(5)7(9)10/h5-6H,1-4,8H2,(H,9,10). The van der Waals surface area contributed by atoms with Crippen LogP contribution in [0.2, 0.25) is 0 Å². The summed E-state index contributed by atoms with van der Waals surface area (Å²) in [6, 6.07) is 0. The molecule has 1 rings (SSSR count). The molecule has 1 saturated heterocycles. The van der Waals surface area contributed by atoms with Gasteiger partial charge in [-0.25, -0.2) is 8.42 Å². The van der Waals surface area contributed by atoms with Crippen molar-refractivity contribution in [1.29, 1.82) is 0 Å². The minimum Gasteiger partial charge on any atom is -0.481 e. The zero-order chi connectivity index (χ0) is 10.1. The Balaban J connectivity index is 2.77. The largest absolute Gasteiger partial charge is 0.481 e. The van der Waals surface area contributed by atoms with E-state index in [2.05, 4.69) is 0 Å². The maximum Gasteiger partial charge on any atom is 0.306 e. The number of carboxylic acid groups (broad SMARTS) is 1. The van der Waals surface area contributed by atoms with Crippen LogP contribution in [-0.4, -0.2) is 37.5 Å². The van der Waals surface area contributed by atoms with E-state index in [0.717, 1.165) is 0 Å². The van der Waals surface area contributed by atoms with Crippen LogP contribution in [0.4, 0.5) is 0 Å². The van der Waals surface area contributed by atoms with Crippen LogP contribution >= 0.6 is 0 Å². The Morgan fingerprint density at radius 1 is 1.54 bits per heavy atom. The van der Waals surface area contributed by atoms with Gasteiger partial charge < -0.3 is 10.8 Å². The summed E-state index contributed by atoms with van der Waals surface area (Å²) in [5, 5.41) is 8.76. The predicted octanol–water partition coefficient (Wildman–Crippen LogP) is -0.919. The Morgan fingerprint density at radius 3 is 2.62 bits per heavy atom. The number of rotatable bonds is 2. The molecule has 6 heteroatoms. The molecule has 0 aliphatic carbocycles. The van der Waals surface area contributed by atoms with Crippen LogP contribution in [0.1, 0.15) is 6.42 Å². The molecular weight excluding hydrogens is 194 g/mol. The van der Waals surface area contributed by atoms with E-state index in [1.807, 2.05) is 0 Å². The number of sulfone groups is 1. The lowest BCUT2D eigenvalue weighted by atomic mass is 9.91. The number of aliphatic carboxylic acids is 1. The second-order valence-electron chi connectivity index (χ2n) is 3.34. The van der Waals surface area contributed by atoms with E-state index in [0.29, 0.717) is 0 Å². The SMILES string of the molecule is NCC1CS(=O)(=O)CCC1C(=O)O. The molecule has 0 aromatic heterocycles. The monoisotopic (exact) mass is 207 g/mol. The molecule has 5 nitrogen and oxygen atoms in total. The first kappa shape index (κ1) is 10.5. The summed E-state index contributed by atoms with van der Waals surface area (Å²) < 4.78 is 22.3. The fourth-order valence-corrected chi connectivity index (χ4v) is 3.43. The number of nitrogens with two attached hydrogens (primary N) is 1. The number of carboxylic acids is 1. The molecule has 0 aromatic carbocycles. The van der Waals surface area contributed by atoms with Crippen molar-refractivity contribution in [2.45, 2.75) is 6.42 Å². The van der Waals surface area contributed by atoms with Crippen LogP contribution in [0, 0.1) is 11.8 Å². The highest BCUT2D eigenvalue weighted by Crippen LogP contribution is 2.24. The first-order chi connectivity index (χ1) is 5.96. The lowest BCUT2D eigenvalue weighted by molar-refractivity contribution is -0.143. The van der Waals surface area contributed by atoms with Gasteiger partial charge in [-0.2, -0.15) is 0 Å². The molecule has 1 heterocycles. The molecule has 1 fully saturated rings. The number of hydrogen-bond donors (Lipinski definition) is 2. The fourth-order valence-electron chi connectivity index (χ4n) is 1.63. The highest BCUT2D eigenvalue weighted by Gasteiger charge is 2.36. The van der Waals surface area contributed by atoms with Crippen molar-refractivity contribution < 1.29 is 18.3 Å². The Morgan fingerprint density at radius 2 is 2.15 bits per heavy atom. The third-order valence-electron chi connectivity index (χ3n) is 2.40. The molecule has 76 valence electrons. The van der Waals surface area contributed by atoms with Gasteiger partial charge in [-0.05, 0) is 18.9 Å². The Hall–Kier alpha value is -0.620. The van der Waals surface area contributed by atoms with Gasteiger partial charge in [0.05, 0.1) is 17.4 Å². The van der Waals surface area contributed by atoms with Crippen LogP contribution < -0.4 is 5.73 Å². The maximum absolute atomic E-state index is 11.1. The van der Waals surface area contributed by atoms with Gasteiger partial charge in [0, 0.05) is 0 Å². The summed E-state index contributed by atoms with van der Waals surface area (Å²) in [6.45, 7) is 0.121. The Kier molecular flexibility index (Phi) is 2.92. The summed E-state index contributed by atoms with van der Waals surface area (Å²) in [5.74, 6) is -2.06. The molecule has 0 aromatic rings. The number of carbonyl (C=O) groups is 1. The van der Waals surface area contributed by atoms with Crippen LogP contribution in [0.3, 0.4) is 0 Å². The number of hydrogen-bond acceptors (Lipinski definition) is 4. The maximum atomic E-state index is 11.1. The summed E-state index contributed by atoms with van der Waals surface area (Å²) >= 11 is 0. The lowest BCUT2D eigenvalue weighted by Crippen LogP contribution is -2.40. The minimum absolute atomic E-state index is 0.0273. The van der Waals surface area contributed by atoms with Crippen LogP contribution in [-0.2, 0) is 14.6 Å². The van der Waals surface area contributed by atoms with Crippen molar-refractivity contribution in [2.24, 2.45) is 17.6 Å². The molecule has 0 spiro atoms. The van der Waals surface area contributed by atoms with Crippen molar-refractivity contribution in [3.8, 4) is 0 Å². The highest BCUT2D eigenvalue weighted by molar-refractivity contribution is 7.91. The predicted molar refractivity (Wildman–Crippen MR) is 46.9 cm³/mol. The zero-order valence-corrected chi connectivity index (χ0v) is 7.96. The van der Waals surface area contributed by atoms with E-state index in [1.165, 1.54) is 0 Å². The third-order valence-corrected chi connectivity index (χ3v) is 4.19. The van der Waals surface area contributed by atoms with Crippen LogP contribution in [0.25, 0.3) is 0 Å². The molecule has 2 atom stereocenters. The quantitative estimate of drug-likeness (QED) is 0.610. The molecule has 1 aliphatic heterocycles. The van der Waals surface area contributed by atoms with Gasteiger partial charge in [0.2, 0.25) is 0 Å². The third kappa shape index (κ3) is 2.41. The molecule has 0 amide bonds. The average Bonchev–Trinajstić information content (AvgIpc) is 2.01. The molecule has 0 bridgehead atoms. The van der Waals surface area contributed by atoms with E-state index in [9.17, 15) is 13.2 Å². The van der Waals surface area contributed by atoms with E-state index >= 15 is 0 Å². The Bertz CT molecular complexity index is 298. The van der Waals surface area contributed by atoms with Gasteiger partial charge in [-0.1, -0.05) is 0 Å². The smallest absolute Gasteiger partial charge is 0.306 e. The van der Waals surface area contributed by atoms with Crippen molar-refractivity contribution in [3.63, 3.8) is 0 Å². The van der Waals surface area contributed by atoms with Crippen molar-refractivity contribution in [3.05, 3.63) is 0 Å². The van der Waals surface area contributed by atoms with Gasteiger partial charge >= 0.3 is 5.97 Å². The molecular formula is C7H13NO4S. The average molecular weight is 207 g/mol. The topological polar surface area (TPSA) is 97.5 Å². The summed E-state index contributed by atoms with van der Waals surface area (Å²) in [7, 11) is -3.05. The zero-order valence-electron chi connectivity index (χ0n) is 7.14. The summed E-state index contributed by atoms with van der Waals surface area (Å²) in [6.07, 6.45) is 0.194. The minimum atomic E-state index is -3.05. The fraction of sp³-hybridized carbons (Fsp3) is 0.857. The molecule has 3 N–H and O–H groups in total. The van der Waals surface area contributed by atoms with E-state index < -0.39 is 27.6 Å². The van der Waals surface area contributed by atoms with E-state index in [1.54, 1.807) is 0 Å². The van der Waals surface area contributed by atoms with Gasteiger partial charge in [0.15, 0.2) is 9.84 Å². The first-order valence-corrected chi connectivity index (χ1v) is 5.91. The van der Waals surface area contributed by atoms with E-state index in [-0.39, 0.29) is 24.5 Å². The van der Waals surface area contributed by atoms with Crippen molar-refractivity contribution in [2.75, 3.05) is 18.1 Å². The summed E-state index contributed by atoms with van der Waals surface area (Å²) in [5.41, 5.74) is 5.32. The highest BCUT2D eigenvalue weighted by atomic mass is 32.2. The van der Waals surface area contributed by atoms with Gasteiger partial charge in [-0.15, -0.1) is 0 Å². The van der Waals surface area contributed by atoms with E-state index in [4.69, 9.17) is 10.8 Å². The normalized spacial score (nSPS) is 32.7. The van der Waals surface area contributed by atoms with Gasteiger partial charge in [-0.3, -0.25) is 4.79 Å². The molecule has 0 saturated carbocycles. The van der Waals surface area contributed by atoms with Gasteiger partial charge in [0.1, 0.15) is 0 Å². The second-order valence-corrected chi connectivity index (χ2v) is 5.57. The Labute approximate surface area is 76.8 Å². The molecule has 0 radical (unpaired) electrons. The second kappa shape index (κ2) is 3.63. The lowest BCUT2D eigenvalue weighted by Gasteiger charge is -2.26. The summed E-state index contributed by atoms with van der Waals surface area (Å²) in [4.78, 5) is 10.7. The van der Waals surface area contributed by atoms with Crippen LogP contribution in [0.5, 0.6) is 0 Å². The van der Waals surface area contributed by atoms with Crippen LogP contribution in [0.15, 0.2) is 0 Å². The van der Waals surface area contributed by atoms with Gasteiger partial charge in [0.25, 0.3) is 0 Å². The molecule has 13 heavy (non-hydrogen) atoms. The molecule has 2 unspecified atom stereocenters.